The number of hydrogen-bond donors (Lipinski definition) is 1. The molecule has 0 saturated heterocycles. The summed E-state index contributed by atoms with van der Waals surface area (Å²) in [4.78, 5) is 0. The molecule has 0 aromatic heterocycles. The summed E-state index contributed by atoms with van der Waals surface area (Å²) in [6, 6.07) is 0. The normalized spacial score (nSPS) is 18.7. The highest BCUT2D eigenvalue weighted by molar-refractivity contribution is 5.33. The Kier molecular flexibility index (Phi) is 0.841. The van der Waals surface area contributed by atoms with Gasteiger partial charge in [-0.1, -0.05) is 13.8 Å². The Hall–Kier alpha value is -0.460. The second-order valence-electron chi connectivity index (χ2n) is 2.38. The lowest BCUT2D eigenvalue weighted by molar-refractivity contribution is 0.794. The molecule has 0 amide bonds. The molecule has 2 N–H and O–H groups in total. The van der Waals surface area contributed by atoms with Gasteiger partial charge in [-0.25, -0.2) is 0 Å². The number of allylic oxidation sites excluding steroid dienone is 2. The molecule has 1 heteroatoms. The first kappa shape index (κ1) is 4.69. The fraction of sp³-hybridized carbons (Fsp3) is 0.667. The van der Waals surface area contributed by atoms with Crippen molar-refractivity contribution in [3.8, 4) is 0 Å². The SMILES string of the molecule is CC(C)C1=C(N)C1. The quantitative estimate of drug-likeness (QED) is 0.523. The van der Waals surface area contributed by atoms with Gasteiger partial charge in [0.25, 0.3) is 0 Å². The van der Waals surface area contributed by atoms with Gasteiger partial charge >= 0.3 is 0 Å². The van der Waals surface area contributed by atoms with E-state index in [0.29, 0.717) is 5.92 Å². The highest BCUT2D eigenvalue weighted by atomic mass is 14.6. The Morgan fingerprint density at radius 3 is 2.00 bits per heavy atom. The van der Waals surface area contributed by atoms with Crippen LogP contribution < -0.4 is 5.73 Å². The summed E-state index contributed by atoms with van der Waals surface area (Å²) in [5, 5.41) is 0. The third kappa shape index (κ3) is 0.763. The van der Waals surface area contributed by atoms with E-state index in [1.54, 1.807) is 0 Å². The summed E-state index contributed by atoms with van der Waals surface area (Å²) in [7, 11) is 0. The minimum Gasteiger partial charge on any atom is -0.402 e. The van der Waals surface area contributed by atoms with Crippen LogP contribution in [0.3, 0.4) is 0 Å². The van der Waals surface area contributed by atoms with Crippen LogP contribution in [0.1, 0.15) is 20.3 Å². The maximum Gasteiger partial charge on any atom is 0.0121 e. The van der Waals surface area contributed by atoms with Crippen molar-refractivity contribution >= 4 is 0 Å². The predicted molar refractivity (Wildman–Crippen MR) is 30.7 cm³/mol. The molecule has 1 aliphatic carbocycles. The van der Waals surface area contributed by atoms with Crippen LogP contribution in [0.15, 0.2) is 11.3 Å². The Bertz CT molecular complexity index is 111. The van der Waals surface area contributed by atoms with Crippen molar-refractivity contribution < 1.29 is 0 Å². The van der Waals surface area contributed by atoms with Gasteiger partial charge in [0, 0.05) is 12.1 Å². The van der Waals surface area contributed by atoms with Gasteiger partial charge < -0.3 is 5.73 Å². The average molecular weight is 97.2 g/mol. The van der Waals surface area contributed by atoms with Crippen molar-refractivity contribution in [2.75, 3.05) is 0 Å². The molecule has 0 unspecified atom stereocenters. The third-order valence-electron chi connectivity index (χ3n) is 1.37. The van der Waals surface area contributed by atoms with Crippen molar-refractivity contribution in [3.63, 3.8) is 0 Å². The molecule has 0 aliphatic heterocycles. The molecular weight excluding hydrogens is 86.1 g/mol. The molecule has 1 aliphatic rings. The van der Waals surface area contributed by atoms with E-state index in [1.165, 1.54) is 5.57 Å². The van der Waals surface area contributed by atoms with Crippen LogP contribution in [0.5, 0.6) is 0 Å². The van der Waals surface area contributed by atoms with Gasteiger partial charge in [-0.2, -0.15) is 0 Å². The largest absolute Gasteiger partial charge is 0.402 e. The fourth-order valence-electron chi connectivity index (χ4n) is 0.736. The molecular formula is C6H11N. The Balaban J connectivity index is 2.45. The monoisotopic (exact) mass is 97.1 g/mol. The number of rotatable bonds is 1. The van der Waals surface area contributed by atoms with Crippen molar-refractivity contribution in [2.45, 2.75) is 20.3 Å². The standard InChI is InChI=1S/C6H11N/c1-4(2)5-3-6(5)7/h4H,3,7H2,1-2H3. The van der Waals surface area contributed by atoms with Crippen LogP contribution in [0, 0.1) is 5.92 Å². The van der Waals surface area contributed by atoms with Gasteiger partial charge in [-0.3, -0.25) is 0 Å². The summed E-state index contributed by atoms with van der Waals surface area (Å²) in [5.41, 5.74) is 8.03. The molecule has 7 heavy (non-hydrogen) atoms. The lowest BCUT2D eigenvalue weighted by Crippen LogP contribution is -1.81. The van der Waals surface area contributed by atoms with Crippen molar-refractivity contribution in [1.29, 1.82) is 0 Å². The molecule has 0 aromatic rings. The van der Waals surface area contributed by atoms with E-state index in [-0.39, 0.29) is 0 Å². The van der Waals surface area contributed by atoms with Crippen LogP contribution in [0.25, 0.3) is 0 Å². The Morgan fingerprint density at radius 2 is 2.00 bits per heavy atom. The first-order valence-corrected chi connectivity index (χ1v) is 2.69. The summed E-state index contributed by atoms with van der Waals surface area (Å²) >= 11 is 0. The zero-order valence-corrected chi connectivity index (χ0v) is 4.86. The first-order valence-electron chi connectivity index (χ1n) is 2.69. The van der Waals surface area contributed by atoms with E-state index in [9.17, 15) is 0 Å². The second kappa shape index (κ2) is 1.25. The molecule has 0 spiro atoms. The van der Waals surface area contributed by atoms with Gasteiger partial charge in [0.05, 0.1) is 0 Å². The molecule has 0 radical (unpaired) electrons. The lowest BCUT2D eigenvalue weighted by Gasteiger charge is -1.89. The Morgan fingerprint density at radius 1 is 1.57 bits per heavy atom. The van der Waals surface area contributed by atoms with Crippen LogP contribution in [0.2, 0.25) is 0 Å². The van der Waals surface area contributed by atoms with Crippen molar-refractivity contribution in [3.05, 3.63) is 11.3 Å². The maximum absolute atomic E-state index is 5.45. The third-order valence-corrected chi connectivity index (χ3v) is 1.37. The molecule has 1 rings (SSSR count). The highest BCUT2D eigenvalue weighted by Crippen LogP contribution is 2.32. The smallest absolute Gasteiger partial charge is 0.0121 e. The lowest BCUT2D eigenvalue weighted by atomic mass is 10.2. The minimum absolute atomic E-state index is 0.694. The summed E-state index contributed by atoms with van der Waals surface area (Å²) in [6.07, 6.45) is 1.09. The molecule has 40 valence electrons. The van der Waals surface area contributed by atoms with E-state index >= 15 is 0 Å². The van der Waals surface area contributed by atoms with Crippen molar-refractivity contribution in [2.24, 2.45) is 11.7 Å². The number of hydrogen-bond acceptors (Lipinski definition) is 1. The zero-order chi connectivity index (χ0) is 5.44. The van der Waals surface area contributed by atoms with E-state index in [2.05, 4.69) is 13.8 Å². The van der Waals surface area contributed by atoms with Gasteiger partial charge in [0.15, 0.2) is 0 Å². The molecule has 0 heterocycles. The highest BCUT2D eigenvalue weighted by Gasteiger charge is 2.19. The van der Waals surface area contributed by atoms with Gasteiger partial charge in [-0.05, 0) is 11.5 Å². The topological polar surface area (TPSA) is 26.0 Å². The first-order chi connectivity index (χ1) is 3.22. The van der Waals surface area contributed by atoms with Crippen LogP contribution >= 0.6 is 0 Å². The fourth-order valence-corrected chi connectivity index (χ4v) is 0.736. The van der Waals surface area contributed by atoms with Crippen molar-refractivity contribution in [1.82, 2.24) is 0 Å². The predicted octanol–water partition coefficient (Wildman–Crippen LogP) is 1.26. The molecule has 0 bridgehead atoms. The van der Waals surface area contributed by atoms with Crippen LogP contribution in [-0.2, 0) is 0 Å². The molecule has 0 atom stereocenters. The molecule has 1 nitrogen and oxygen atoms in total. The Labute approximate surface area is 44.2 Å². The summed E-state index contributed by atoms with van der Waals surface area (Å²) in [5.74, 6) is 0.694. The maximum atomic E-state index is 5.45. The van der Waals surface area contributed by atoms with Crippen LogP contribution in [0.4, 0.5) is 0 Å². The number of nitrogens with two attached hydrogens (primary N) is 1. The molecule has 0 fully saturated rings. The van der Waals surface area contributed by atoms with E-state index in [0.717, 1.165) is 12.1 Å². The zero-order valence-electron chi connectivity index (χ0n) is 4.86. The van der Waals surface area contributed by atoms with Gasteiger partial charge in [0.2, 0.25) is 0 Å². The summed E-state index contributed by atoms with van der Waals surface area (Å²) in [6.45, 7) is 4.35. The second-order valence-corrected chi connectivity index (χ2v) is 2.38. The van der Waals surface area contributed by atoms with Gasteiger partial charge in [0.1, 0.15) is 0 Å². The molecule has 0 aromatic carbocycles. The van der Waals surface area contributed by atoms with E-state index in [1.807, 2.05) is 0 Å². The van der Waals surface area contributed by atoms with E-state index in [4.69, 9.17) is 5.73 Å². The van der Waals surface area contributed by atoms with Crippen LogP contribution in [-0.4, -0.2) is 0 Å². The average Bonchev–Trinajstić information content (AvgIpc) is 2.17. The van der Waals surface area contributed by atoms with E-state index < -0.39 is 0 Å². The van der Waals surface area contributed by atoms with Gasteiger partial charge in [-0.15, -0.1) is 0 Å². The molecule has 0 saturated carbocycles. The minimum atomic E-state index is 0.694. The summed E-state index contributed by atoms with van der Waals surface area (Å²) < 4.78 is 0.